The predicted molar refractivity (Wildman–Crippen MR) is 130 cm³/mol. The second-order valence-corrected chi connectivity index (χ2v) is 10.3. The van der Waals surface area contributed by atoms with E-state index in [0.29, 0.717) is 17.3 Å². The highest BCUT2D eigenvalue weighted by Gasteiger charge is 2.45. The van der Waals surface area contributed by atoms with E-state index in [1.54, 1.807) is 11.3 Å². The summed E-state index contributed by atoms with van der Waals surface area (Å²) >= 11 is 7.93. The molecule has 0 unspecified atom stereocenters. The summed E-state index contributed by atoms with van der Waals surface area (Å²) in [4.78, 5) is 26.5. The first kappa shape index (κ1) is 21.2. The van der Waals surface area contributed by atoms with E-state index in [-0.39, 0.29) is 5.91 Å². The van der Waals surface area contributed by atoms with Crippen LogP contribution in [0.1, 0.15) is 46.6 Å². The minimum Gasteiger partial charge on any atom is -0.329 e. The minimum absolute atomic E-state index is 0.0324. The van der Waals surface area contributed by atoms with Crippen molar-refractivity contribution >= 4 is 39.9 Å². The molecule has 0 radical (unpaired) electrons. The summed E-state index contributed by atoms with van der Waals surface area (Å²) in [6, 6.07) is 13.9. The minimum atomic E-state index is -0.519. The van der Waals surface area contributed by atoms with Crippen LogP contribution in [0.25, 0.3) is 21.5 Å². The van der Waals surface area contributed by atoms with Crippen molar-refractivity contribution in [2.24, 2.45) is 7.05 Å². The average Bonchev–Trinajstić information content (AvgIpc) is 3.47. The third-order valence-corrected chi connectivity index (χ3v) is 8.01. The Bertz CT molecular complexity index is 1340. The first-order valence-corrected chi connectivity index (χ1v) is 12.0. The first-order valence-electron chi connectivity index (χ1n) is 10.8. The first-order chi connectivity index (χ1) is 15.3. The summed E-state index contributed by atoms with van der Waals surface area (Å²) in [7, 11) is 2.02. The Morgan fingerprint density at radius 3 is 2.62 bits per heavy atom. The van der Waals surface area contributed by atoms with E-state index in [1.165, 1.54) is 0 Å². The summed E-state index contributed by atoms with van der Waals surface area (Å²) in [5, 5.41) is 1.60. The fraction of sp³-hybridized carbons (Fsp3) is 0.320. The molecule has 1 amide bonds. The van der Waals surface area contributed by atoms with Gasteiger partial charge in [0.05, 0.1) is 26.5 Å². The lowest BCUT2D eigenvalue weighted by Gasteiger charge is -2.34. The van der Waals surface area contributed by atoms with Gasteiger partial charge in [-0.1, -0.05) is 41.9 Å². The molecule has 2 aromatic carbocycles. The number of carbonyl (C=O) groups excluding carboxylic acids is 1. The fourth-order valence-electron chi connectivity index (χ4n) is 4.86. The lowest BCUT2D eigenvalue weighted by atomic mass is 9.97. The van der Waals surface area contributed by atoms with Gasteiger partial charge in [0.15, 0.2) is 0 Å². The van der Waals surface area contributed by atoms with Crippen molar-refractivity contribution in [3.8, 4) is 10.4 Å². The summed E-state index contributed by atoms with van der Waals surface area (Å²) < 4.78 is 2.11. The van der Waals surface area contributed by atoms with E-state index in [4.69, 9.17) is 16.6 Å². The van der Waals surface area contributed by atoms with Crippen LogP contribution in [0.5, 0.6) is 0 Å². The number of aromatic nitrogens is 3. The van der Waals surface area contributed by atoms with Gasteiger partial charge in [0, 0.05) is 18.6 Å². The number of hydrogen-bond acceptors (Lipinski definition) is 4. The van der Waals surface area contributed by atoms with Gasteiger partial charge < -0.3 is 9.47 Å². The lowest BCUT2D eigenvalue weighted by Crippen LogP contribution is -2.44. The van der Waals surface area contributed by atoms with Gasteiger partial charge in [-0.2, -0.15) is 0 Å². The number of rotatable bonds is 3. The molecule has 0 N–H and O–H groups in total. The highest BCUT2D eigenvalue weighted by molar-refractivity contribution is 7.15. The zero-order valence-corrected chi connectivity index (χ0v) is 20.2. The van der Waals surface area contributed by atoms with E-state index < -0.39 is 5.54 Å². The van der Waals surface area contributed by atoms with E-state index in [1.807, 2.05) is 68.3 Å². The molecule has 0 aliphatic carbocycles. The molecule has 5 nitrogen and oxygen atoms in total. The van der Waals surface area contributed by atoms with E-state index in [0.717, 1.165) is 50.7 Å². The van der Waals surface area contributed by atoms with Crippen molar-refractivity contribution in [2.75, 3.05) is 6.54 Å². The molecule has 1 atom stereocenters. The number of hydrogen-bond donors (Lipinski definition) is 0. The van der Waals surface area contributed by atoms with Crippen LogP contribution in [0.3, 0.4) is 0 Å². The Labute approximate surface area is 196 Å². The van der Waals surface area contributed by atoms with E-state index >= 15 is 0 Å². The largest absolute Gasteiger partial charge is 0.329 e. The molecule has 5 rings (SSSR count). The molecule has 2 aromatic heterocycles. The SMILES string of the molecule is Cc1nc(C(=O)N2CCC[C@@]2(C)c2nc3c(C)c(Cl)ccc3n2C)c(-c2ccccc2)s1. The summed E-state index contributed by atoms with van der Waals surface area (Å²) in [6.45, 7) is 6.75. The van der Waals surface area contributed by atoms with Crippen LogP contribution < -0.4 is 0 Å². The van der Waals surface area contributed by atoms with Gasteiger partial charge in [0.2, 0.25) is 0 Å². The molecule has 1 saturated heterocycles. The molecular weight excluding hydrogens is 440 g/mol. The number of carbonyl (C=O) groups is 1. The number of nitrogens with zero attached hydrogens (tertiary/aromatic N) is 4. The molecule has 1 aliphatic rings. The van der Waals surface area contributed by atoms with Crippen molar-refractivity contribution in [3.63, 3.8) is 0 Å². The predicted octanol–water partition coefficient (Wildman–Crippen LogP) is 6.12. The van der Waals surface area contributed by atoms with Gasteiger partial charge >= 0.3 is 0 Å². The maximum Gasteiger partial charge on any atom is 0.274 e. The second kappa shape index (κ2) is 7.71. The Kier molecular flexibility index (Phi) is 5.10. The van der Waals surface area contributed by atoms with Crippen molar-refractivity contribution in [1.82, 2.24) is 19.4 Å². The van der Waals surface area contributed by atoms with Crippen LogP contribution >= 0.6 is 22.9 Å². The molecule has 0 saturated carbocycles. The number of thiazole rings is 1. The van der Waals surface area contributed by atoms with Crippen LogP contribution in [0.2, 0.25) is 5.02 Å². The molecular formula is C25H25ClN4OS. The summed E-state index contributed by atoms with van der Waals surface area (Å²) in [5.41, 5.74) is 3.92. The molecule has 1 aliphatic heterocycles. The molecule has 3 heterocycles. The molecule has 164 valence electrons. The normalized spacial score (nSPS) is 18.6. The zero-order chi connectivity index (χ0) is 22.6. The quantitative estimate of drug-likeness (QED) is 0.367. The lowest BCUT2D eigenvalue weighted by molar-refractivity contribution is 0.0595. The van der Waals surface area contributed by atoms with Gasteiger partial charge in [0.25, 0.3) is 5.91 Å². The number of benzene rings is 2. The van der Waals surface area contributed by atoms with E-state index in [9.17, 15) is 4.79 Å². The van der Waals surface area contributed by atoms with Gasteiger partial charge in [-0.15, -0.1) is 11.3 Å². The number of halogens is 1. The maximum atomic E-state index is 13.9. The van der Waals surface area contributed by atoms with Crippen molar-refractivity contribution in [1.29, 1.82) is 0 Å². The third kappa shape index (κ3) is 3.16. The summed E-state index contributed by atoms with van der Waals surface area (Å²) in [5.74, 6) is 0.854. The topological polar surface area (TPSA) is 51.0 Å². The molecule has 4 aromatic rings. The van der Waals surface area contributed by atoms with Crippen LogP contribution in [-0.2, 0) is 12.6 Å². The van der Waals surface area contributed by atoms with Crippen molar-refractivity contribution in [2.45, 2.75) is 39.2 Å². The molecule has 0 bridgehead atoms. The Morgan fingerprint density at radius 2 is 1.88 bits per heavy atom. The van der Waals surface area contributed by atoms with Crippen molar-refractivity contribution in [3.05, 3.63) is 69.6 Å². The number of amides is 1. The van der Waals surface area contributed by atoms with Crippen LogP contribution in [0.15, 0.2) is 42.5 Å². The zero-order valence-electron chi connectivity index (χ0n) is 18.6. The van der Waals surface area contributed by atoms with Gasteiger partial charge in [-0.3, -0.25) is 4.79 Å². The van der Waals surface area contributed by atoms with Gasteiger partial charge in [-0.05, 0) is 56.9 Å². The monoisotopic (exact) mass is 464 g/mol. The van der Waals surface area contributed by atoms with Gasteiger partial charge in [0.1, 0.15) is 11.5 Å². The number of fused-ring (bicyclic) bond motifs is 1. The average molecular weight is 465 g/mol. The second-order valence-electron chi connectivity index (χ2n) is 8.65. The molecule has 0 spiro atoms. The third-order valence-electron chi connectivity index (χ3n) is 6.58. The van der Waals surface area contributed by atoms with Crippen LogP contribution in [0.4, 0.5) is 0 Å². The van der Waals surface area contributed by atoms with E-state index in [2.05, 4.69) is 16.5 Å². The molecule has 7 heteroatoms. The molecule has 32 heavy (non-hydrogen) atoms. The van der Waals surface area contributed by atoms with Crippen LogP contribution in [0, 0.1) is 13.8 Å². The Balaban J connectivity index is 1.61. The number of likely N-dealkylation sites (tertiary alicyclic amines) is 1. The van der Waals surface area contributed by atoms with Crippen molar-refractivity contribution < 1.29 is 4.79 Å². The fourth-order valence-corrected chi connectivity index (χ4v) is 5.92. The number of aryl methyl sites for hydroxylation is 3. The standard InChI is InChI=1S/C25H25ClN4OS/c1-15-18(26)11-12-19-20(15)28-24(29(19)4)25(3)13-8-14-30(25)23(31)21-22(32-16(2)27-21)17-9-6-5-7-10-17/h5-7,9-12H,8,13-14H2,1-4H3/t25-/m0/s1. The maximum absolute atomic E-state index is 13.9. The van der Waals surface area contributed by atoms with Crippen LogP contribution in [-0.4, -0.2) is 31.9 Å². The smallest absolute Gasteiger partial charge is 0.274 e. The molecule has 1 fully saturated rings. The number of imidazole rings is 1. The Hall–Kier alpha value is -2.70. The highest BCUT2D eigenvalue weighted by Crippen LogP contribution is 2.42. The summed E-state index contributed by atoms with van der Waals surface area (Å²) in [6.07, 6.45) is 1.78. The Morgan fingerprint density at radius 1 is 1.12 bits per heavy atom. The highest BCUT2D eigenvalue weighted by atomic mass is 35.5. The van der Waals surface area contributed by atoms with Gasteiger partial charge in [-0.25, -0.2) is 9.97 Å².